The maximum atomic E-state index is 9.02. The second-order valence-electron chi connectivity index (χ2n) is 3.63. The lowest BCUT2D eigenvalue weighted by Crippen LogP contribution is -1.98. The molecule has 0 N–H and O–H groups in total. The van der Waals surface area contributed by atoms with Crippen molar-refractivity contribution < 1.29 is 4.74 Å². The van der Waals surface area contributed by atoms with Gasteiger partial charge in [-0.1, -0.05) is 22.9 Å². The first-order valence-electron chi connectivity index (χ1n) is 5.48. The fourth-order valence-corrected chi connectivity index (χ4v) is 2.54. The minimum atomic E-state index is 0.396. The van der Waals surface area contributed by atoms with E-state index in [1.807, 2.05) is 11.4 Å². The molecule has 0 atom stereocenters. The van der Waals surface area contributed by atoms with E-state index in [2.05, 4.69) is 33.9 Å². The summed E-state index contributed by atoms with van der Waals surface area (Å²) in [5.74, 6) is 0.590. The molecule has 0 aliphatic heterocycles. The van der Waals surface area contributed by atoms with Gasteiger partial charge in [0.25, 0.3) is 0 Å². The van der Waals surface area contributed by atoms with Crippen LogP contribution in [0, 0.1) is 11.3 Å². The minimum absolute atomic E-state index is 0.396. The lowest BCUT2D eigenvalue weighted by molar-refractivity contribution is 0.301. The van der Waals surface area contributed by atoms with Gasteiger partial charge < -0.3 is 4.74 Å². The highest BCUT2D eigenvalue weighted by atomic mass is 79.9. The van der Waals surface area contributed by atoms with E-state index in [1.54, 1.807) is 23.5 Å². The highest BCUT2D eigenvalue weighted by Crippen LogP contribution is 2.23. The molecule has 1 aromatic carbocycles. The van der Waals surface area contributed by atoms with E-state index in [1.165, 1.54) is 0 Å². The van der Waals surface area contributed by atoms with E-state index in [9.17, 15) is 0 Å². The van der Waals surface area contributed by atoms with Crippen molar-refractivity contribution in [3.63, 3.8) is 0 Å². The van der Waals surface area contributed by atoms with Crippen LogP contribution in [0.5, 0.6) is 5.75 Å². The number of benzene rings is 1. The molecule has 0 aliphatic carbocycles. The maximum Gasteiger partial charge on any atom is 0.137 e. The molecule has 0 saturated carbocycles. The van der Waals surface area contributed by atoms with Crippen molar-refractivity contribution in [2.75, 3.05) is 0 Å². The number of aromatic nitrogens is 1. The first-order valence-corrected chi connectivity index (χ1v) is 7.16. The summed E-state index contributed by atoms with van der Waals surface area (Å²) < 4.78 is 6.50. The van der Waals surface area contributed by atoms with Gasteiger partial charge in [0.1, 0.15) is 18.4 Å². The van der Waals surface area contributed by atoms with Gasteiger partial charge in [0.15, 0.2) is 0 Å². The molecule has 0 saturated heterocycles. The quantitative estimate of drug-likeness (QED) is 0.857. The fraction of sp³-hybridized carbons (Fsp3) is 0.231. The number of aryl methyl sites for hydroxylation is 1. The summed E-state index contributed by atoms with van der Waals surface area (Å²) in [6, 6.07) is 7.50. The van der Waals surface area contributed by atoms with E-state index in [4.69, 9.17) is 10.00 Å². The predicted molar refractivity (Wildman–Crippen MR) is 74.7 cm³/mol. The van der Waals surface area contributed by atoms with E-state index in [0.29, 0.717) is 17.9 Å². The van der Waals surface area contributed by atoms with Gasteiger partial charge in [-0.3, -0.25) is 0 Å². The van der Waals surface area contributed by atoms with Crippen LogP contribution in [0.25, 0.3) is 0 Å². The summed E-state index contributed by atoms with van der Waals surface area (Å²) >= 11 is 4.96. The number of halogens is 1. The van der Waals surface area contributed by atoms with Crippen molar-refractivity contribution in [2.24, 2.45) is 0 Å². The number of ether oxygens (including phenoxy) is 1. The van der Waals surface area contributed by atoms with Gasteiger partial charge in [-0.2, -0.15) is 5.26 Å². The molecule has 2 rings (SSSR count). The van der Waals surface area contributed by atoms with E-state index in [0.717, 1.165) is 21.6 Å². The highest BCUT2D eigenvalue weighted by Gasteiger charge is 2.06. The summed E-state index contributed by atoms with van der Waals surface area (Å²) in [4.78, 5) is 4.42. The number of thiazole rings is 1. The van der Waals surface area contributed by atoms with Gasteiger partial charge in [-0.05, 0) is 24.6 Å². The Morgan fingerprint density at radius 3 is 3.00 bits per heavy atom. The number of hydrogen-bond donors (Lipinski definition) is 0. The Balaban J connectivity index is 2.08. The minimum Gasteiger partial charge on any atom is -0.486 e. The molecule has 0 radical (unpaired) electrons. The van der Waals surface area contributed by atoms with Crippen LogP contribution in [-0.2, 0) is 13.0 Å². The van der Waals surface area contributed by atoms with Crippen LogP contribution in [-0.4, -0.2) is 4.98 Å². The Morgan fingerprint density at radius 1 is 1.50 bits per heavy atom. The zero-order valence-corrected chi connectivity index (χ0v) is 12.2. The van der Waals surface area contributed by atoms with Crippen LogP contribution in [0.1, 0.15) is 23.2 Å². The largest absolute Gasteiger partial charge is 0.486 e. The topological polar surface area (TPSA) is 45.9 Å². The normalized spacial score (nSPS) is 10.1. The fourth-order valence-electron chi connectivity index (χ4n) is 1.44. The van der Waals surface area contributed by atoms with Crippen molar-refractivity contribution in [2.45, 2.75) is 20.0 Å². The zero-order chi connectivity index (χ0) is 13.0. The van der Waals surface area contributed by atoms with E-state index >= 15 is 0 Å². The first kappa shape index (κ1) is 13.1. The van der Waals surface area contributed by atoms with Crippen molar-refractivity contribution in [1.82, 2.24) is 4.98 Å². The lowest BCUT2D eigenvalue weighted by Gasteiger charge is -2.06. The first-order chi connectivity index (χ1) is 8.72. The standard InChI is InChI=1S/C13H11BrN2OS/c1-2-13-16-11(8-18-13)7-17-12-4-3-10(14)5-9(12)6-15/h3-5,8H,2,7H2,1H3. The lowest BCUT2D eigenvalue weighted by atomic mass is 10.2. The molecule has 18 heavy (non-hydrogen) atoms. The summed E-state index contributed by atoms with van der Waals surface area (Å²) in [6.45, 7) is 2.47. The second-order valence-corrected chi connectivity index (χ2v) is 5.49. The van der Waals surface area contributed by atoms with E-state index < -0.39 is 0 Å². The van der Waals surface area contributed by atoms with Crippen LogP contribution in [0.4, 0.5) is 0 Å². The molecule has 92 valence electrons. The third kappa shape index (κ3) is 3.09. The zero-order valence-electron chi connectivity index (χ0n) is 9.81. The molecule has 1 aromatic heterocycles. The second kappa shape index (κ2) is 5.98. The average molecular weight is 323 g/mol. The van der Waals surface area contributed by atoms with Gasteiger partial charge in [0, 0.05) is 9.85 Å². The Morgan fingerprint density at radius 2 is 2.33 bits per heavy atom. The molecule has 2 aromatic rings. The maximum absolute atomic E-state index is 9.02. The van der Waals surface area contributed by atoms with Crippen molar-refractivity contribution in [3.8, 4) is 11.8 Å². The van der Waals surface area contributed by atoms with E-state index in [-0.39, 0.29) is 0 Å². The number of nitrogens with zero attached hydrogens (tertiary/aromatic N) is 2. The van der Waals surface area contributed by atoms with Gasteiger partial charge in [0.05, 0.1) is 16.3 Å². The molecular weight excluding hydrogens is 312 g/mol. The predicted octanol–water partition coefficient (Wildman–Crippen LogP) is 3.92. The van der Waals surface area contributed by atoms with Crippen molar-refractivity contribution in [3.05, 3.63) is 44.3 Å². The molecular formula is C13H11BrN2OS. The Kier molecular flexibility index (Phi) is 4.34. The van der Waals surface area contributed by atoms with Crippen molar-refractivity contribution in [1.29, 1.82) is 5.26 Å². The molecule has 0 unspecified atom stereocenters. The summed E-state index contributed by atoms with van der Waals surface area (Å²) in [7, 11) is 0. The van der Waals surface area contributed by atoms with Crippen LogP contribution in [0.15, 0.2) is 28.1 Å². The third-order valence-corrected chi connectivity index (χ3v) is 3.87. The Labute approximate surface area is 118 Å². The molecule has 3 nitrogen and oxygen atoms in total. The number of rotatable bonds is 4. The number of hydrogen-bond acceptors (Lipinski definition) is 4. The molecule has 5 heteroatoms. The van der Waals surface area contributed by atoms with Gasteiger partial charge in [-0.15, -0.1) is 11.3 Å². The van der Waals surface area contributed by atoms with Crippen LogP contribution in [0.2, 0.25) is 0 Å². The highest BCUT2D eigenvalue weighted by molar-refractivity contribution is 9.10. The average Bonchev–Trinajstić information content (AvgIpc) is 2.85. The molecule has 0 amide bonds. The van der Waals surface area contributed by atoms with Gasteiger partial charge >= 0.3 is 0 Å². The van der Waals surface area contributed by atoms with Crippen molar-refractivity contribution >= 4 is 27.3 Å². The molecule has 0 spiro atoms. The van der Waals surface area contributed by atoms with Gasteiger partial charge in [0.2, 0.25) is 0 Å². The number of nitriles is 1. The summed E-state index contributed by atoms with van der Waals surface area (Å²) in [5.41, 5.74) is 1.43. The van der Waals surface area contributed by atoms with Gasteiger partial charge in [-0.25, -0.2) is 4.98 Å². The summed E-state index contributed by atoms with van der Waals surface area (Å²) in [5, 5.41) is 12.1. The monoisotopic (exact) mass is 322 g/mol. The molecule has 0 aliphatic rings. The molecule has 0 fully saturated rings. The Bertz CT molecular complexity index is 589. The molecule has 0 bridgehead atoms. The summed E-state index contributed by atoms with van der Waals surface area (Å²) in [6.07, 6.45) is 0.937. The molecule has 1 heterocycles. The van der Waals surface area contributed by atoms with Crippen LogP contribution < -0.4 is 4.74 Å². The van der Waals surface area contributed by atoms with Crippen LogP contribution >= 0.6 is 27.3 Å². The Hall–Kier alpha value is -1.38. The third-order valence-electron chi connectivity index (χ3n) is 2.34. The smallest absolute Gasteiger partial charge is 0.137 e. The SMILES string of the molecule is CCc1nc(COc2ccc(Br)cc2C#N)cs1. The van der Waals surface area contributed by atoms with Crippen LogP contribution in [0.3, 0.4) is 0 Å².